The van der Waals surface area contributed by atoms with Crippen LogP contribution in [0, 0.1) is 0 Å². The number of pyridine rings is 1. The van der Waals surface area contributed by atoms with Crippen LogP contribution in [0.25, 0.3) is 87.3 Å². The Kier molecular flexibility index (Phi) is 6.14. The molecule has 0 amide bonds. The highest BCUT2D eigenvalue weighted by Gasteiger charge is 2.07. The molecule has 9 aromatic rings. The molecule has 0 aliphatic heterocycles. The molecule has 0 saturated heterocycles. The summed E-state index contributed by atoms with van der Waals surface area (Å²) in [5, 5.41) is 9.67. The summed E-state index contributed by atoms with van der Waals surface area (Å²) in [5.41, 5.74) is 6.74. The number of aromatic nitrogens is 3. The zero-order valence-corrected chi connectivity index (χ0v) is 24.9. The van der Waals surface area contributed by atoms with Crippen LogP contribution in [0.15, 0.2) is 164 Å². The Hall–Kier alpha value is -6.19. The van der Waals surface area contributed by atoms with Crippen molar-refractivity contribution in [1.82, 2.24) is 15.0 Å². The molecule has 0 N–H and O–H groups in total. The van der Waals surface area contributed by atoms with Gasteiger partial charge in [-0.1, -0.05) is 121 Å². The second kappa shape index (κ2) is 10.8. The van der Waals surface area contributed by atoms with Crippen molar-refractivity contribution >= 4 is 76.2 Å². The normalized spacial score (nSPS) is 11.5. The van der Waals surface area contributed by atoms with Crippen LogP contribution in [0.1, 0.15) is 0 Å². The average Bonchev–Trinajstić information content (AvgIpc) is 3.14. The number of hydrogen-bond donors (Lipinski definition) is 0. The quantitative estimate of drug-likeness (QED) is 0.192. The summed E-state index contributed by atoms with van der Waals surface area (Å²) in [7, 11) is 0. The van der Waals surface area contributed by atoms with Crippen LogP contribution < -0.4 is 0 Å². The van der Waals surface area contributed by atoms with Gasteiger partial charge in [0.05, 0.1) is 22.1 Å². The van der Waals surface area contributed by atoms with E-state index in [9.17, 15) is 0 Å². The van der Waals surface area contributed by atoms with E-state index in [0.29, 0.717) is 5.65 Å². The molecule has 0 aliphatic rings. The number of para-hydroxylation sites is 1. The minimum absolute atomic E-state index is 0.710. The van der Waals surface area contributed by atoms with Crippen LogP contribution in [0.3, 0.4) is 0 Å². The van der Waals surface area contributed by atoms with Crippen molar-refractivity contribution in [3.63, 3.8) is 0 Å². The first-order chi connectivity index (χ1) is 22.7. The molecule has 0 fully saturated rings. The van der Waals surface area contributed by atoms with Crippen molar-refractivity contribution in [3.05, 3.63) is 164 Å². The van der Waals surface area contributed by atoms with E-state index in [4.69, 9.17) is 15.0 Å². The van der Waals surface area contributed by atoms with Crippen LogP contribution >= 0.6 is 0 Å². The Morgan fingerprint density at radius 2 is 0.783 bits per heavy atom. The van der Waals surface area contributed by atoms with E-state index >= 15 is 0 Å². The smallest absolute Gasteiger partial charge is 0.160 e. The van der Waals surface area contributed by atoms with Gasteiger partial charge in [0.15, 0.2) is 5.65 Å². The first-order valence-corrected chi connectivity index (χ1v) is 15.5. The van der Waals surface area contributed by atoms with Gasteiger partial charge in [-0.15, -0.1) is 0 Å². The second-order valence-corrected chi connectivity index (χ2v) is 11.7. The highest BCUT2D eigenvalue weighted by Crippen LogP contribution is 2.29. The van der Waals surface area contributed by atoms with E-state index in [0.717, 1.165) is 81.7 Å². The fourth-order valence-corrected chi connectivity index (χ4v) is 6.45. The van der Waals surface area contributed by atoms with E-state index in [1.807, 2.05) is 6.07 Å². The topological polar surface area (TPSA) is 38.7 Å². The van der Waals surface area contributed by atoms with Crippen LogP contribution in [0.2, 0.25) is 0 Å². The second-order valence-electron chi connectivity index (χ2n) is 11.7. The molecule has 6 aromatic carbocycles. The van der Waals surface area contributed by atoms with Gasteiger partial charge in [-0.05, 0) is 75.1 Å². The molecular formula is C43H27N3. The molecule has 3 nitrogen and oxygen atoms in total. The van der Waals surface area contributed by atoms with Gasteiger partial charge in [0.2, 0.25) is 0 Å². The van der Waals surface area contributed by atoms with Crippen molar-refractivity contribution in [1.29, 1.82) is 0 Å². The maximum absolute atomic E-state index is 5.26. The monoisotopic (exact) mass is 585 g/mol. The molecule has 214 valence electrons. The third-order valence-electron chi connectivity index (χ3n) is 8.78. The lowest BCUT2D eigenvalue weighted by atomic mass is 10.0. The molecule has 9 rings (SSSR count). The fourth-order valence-electron chi connectivity index (χ4n) is 6.45. The molecule has 3 aromatic heterocycles. The molecule has 0 spiro atoms. The minimum Gasteiger partial charge on any atom is -0.248 e. The summed E-state index contributed by atoms with van der Waals surface area (Å²) >= 11 is 0. The van der Waals surface area contributed by atoms with Gasteiger partial charge in [0, 0.05) is 26.9 Å². The molecule has 0 saturated carbocycles. The summed E-state index contributed by atoms with van der Waals surface area (Å²) in [6.45, 7) is 0. The lowest BCUT2D eigenvalue weighted by Gasteiger charge is -2.06. The number of rotatable bonds is 1. The number of hydrogen-bond acceptors (Lipinski definition) is 3. The zero-order valence-electron chi connectivity index (χ0n) is 24.9. The van der Waals surface area contributed by atoms with Crippen molar-refractivity contribution in [2.45, 2.75) is 0 Å². The fraction of sp³-hybridized carbons (Fsp3) is 0. The van der Waals surface area contributed by atoms with Crippen molar-refractivity contribution in [2.75, 3.05) is 0 Å². The molecular weight excluding hydrogens is 558 g/mol. The van der Waals surface area contributed by atoms with Crippen LogP contribution in [-0.2, 0) is 0 Å². The number of nitrogens with zero attached hydrogens (tertiary/aromatic N) is 3. The van der Waals surface area contributed by atoms with E-state index in [-0.39, 0.29) is 0 Å². The summed E-state index contributed by atoms with van der Waals surface area (Å²) in [6, 6.07) is 57.7. The van der Waals surface area contributed by atoms with E-state index < -0.39 is 0 Å². The molecule has 46 heavy (non-hydrogen) atoms. The predicted octanol–water partition coefficient (Wildman–Crippen LogP) is 11.3. The zero-order chi connectivity index (χ0) is 30.5. The van der Waals surface area contributed by atoms with Gasteiger partial charge in [-0.25, -0.2) is 15.0 Å². The van der Waals surface area contributed by atoms with Gasteiger partial charge in [-0.2, -0.15) is 0 Å². The molecule has 0 unspecified atom stereocenters. The van der Waals surface area contributed by atoms with Gasteiger partial charge in [0.25, 0.3) is 0 Å². The van der Waals surface area contributed by atoms with Crippen molar-refractivity contribution < 1.29 is 0 Å². The summed E-state index contributed by atoms with van der Waals surface area (Å²) in [5.74, 6) is 0. The number of fused-ring (bicyclic) bond motifs is 20. The Bertz CT molecular complexity index is 2750. The maximum Gasteiger partial charge on any atom is 0.160 e. The largest absolute Gasteiger partial charge is 0.248 e. The average molecular weight is 586 g/mol. The van der Waals surface area contributed by atoms with Gasteiger partial charge in [-0.3, -0.25) is 0 Å². The van der Waals surface area contributed by atoms with Gasteiger partial charge < -0.3 is 0 Å². The van der Waals surface area contributed by atoms with E-state index in [1.165, 1.54) is 0 Å². The lowest BCUT2D eigenvalue weighted by Crippen LogP contribution is -1.88. The summed E-state index contributed by atoms with van der Waals surface area (Å²) in [4.78, 5) is 15.5. The molecule has 3 heterocycles. The standard InChI is InChI=1S/C43H27N3/c1-2-10-28(11-3-1)37-26-40-33-16-6-12-29(22-33)31-14-8-18-35(24-31)42-38-20-4-5-21-39(38)45-43(46-42)36-19-9-15-32(25-36)30-13-7-17-34(23-30)41(27-37)44-40/h1-27H. The Labute approximate surface area is 265 Å². The molecule has 0 radical (unpaired) electrons. The van der Waals surface area contributed by atoms with Crippen molar-refractivity contribution in [3.8, 4) is 11.1 Å². The Morgan fingerprint density at radius 1 is 0.283 bits per heavy atom. The molecule has 3 heteroatoms. The van der Waals surface area contributed by atoms with Gasteiger partial charge in [0.1, 0.15) is 0 Å². The SMILES string of the molecule is c1ccc(-c2cc3nc(c2)c2cccc(c2)c2cccc(c2)c2nc(nc4ccccc42)c2cccc(c2)c2cccc3c2)cc1. The predicted molar refractivity (Wildman–Crippen MR) is 194 cm³/mol. The van der Waals surface area contributed by atoms with Gasteiger partial charge >= 0.3 is 0 Å². The highest BCUT2D eigenvalue weighted by molar-refractivity contribution is 6.06. The van der Waals surface area contributed by atoms with E-state index in [1.54, 1.807) is 0 Å². The first kappa shape index (κ1) is 26.2. The lowest BCUT2D eigenvalue weighted by molar-refractivity contribution is 1.37. The minimum atomic E-state index is 0.710. The highest BCUT2D eigenvalue weighted by atomic mass is 14.9. The molecule has 12 bridgehead atoms. The third kappa shape index (κ3) is 4.66. The Balaban J connectivity index is 1.51. The van der Waals surface area contributed by atoms with Crippen LogP contribution in [-0.4, -0.2) is 15.0 Å². The summed E-state index contributed by atoms with van der Waals surface area (Å²) in [6.07, 6.45) is 0. The Morgan fingerprint density at radius 3 is 1.43 bits per heavy atom. The molecule has 0 aliphatic carbocycles. The van der Waals surface area contributed by atoms with Crippen molar-refractivity contribution in [2.24, 2.45) is 0 Å². The van der Waals surface area contributed by atoms with E-state index in [2.05, 4.69) is 158 Å². The third-order valence-corrected chi connectivity index (χ3v) is 8.78. The van der Waals surface area contributed by atoms with Crippen LogP contribution in [0.5, 0.6) is 0 Å². The molecule has 0 atom stereocenters. The van der Waals surface area contributed by atoms with Crippen LogP contribution in [0.4, 0.5) is 0 Å². The summed E-state index contributed by atoms with van der Waals surface area (Å²) < 4.78 is 0. The first-order valence-electron chi connectivity index (χ1n) is 15.5. The maximum atomic E-state index is 5.26. The number of benzene rings is 6.